The average Bonchev–Trinajstić information content (AvgIpc) is 1.93. The number of hydrogen-bond donors (Lipinski definition) is 0. The molecule has 2 heteroatoms. The fourth-order valence-corrected chi connectivity index (χ4v) is 2.02. The first-order valence-corrected chi connectivity index (χ1v) is 4.40. The second kappa shape index (κ2) is 3.18. The first-order valence-electron chi connectivity index (χ1n) is 2.64. The summed E-state index contributed by atoms with van der Waals surface area (Å²) in [5.41, 5.74) is 0. The maximum absolute atomic E-state index is 3.85. The van der Waals surface area contributed by atoms with Crippen LogP contribution in [0.5, 0.6) is 0 Å². The van der Waals surface area contributed by atoms with Gasteiger partial charge in [-0.15, -0.1) is 11.8 Å². The van der Waals surface area contributed by atoms with Crippen LogP contribution >= 0.6 is 23.5 Å². The monoisotopic (exact) mass is 156 g/mol. The molecule has 0 aliphatic carbocycles. The lowest BCUT2D eigenvalue weighted by molar-refractivity contribution is 1.72. The Bertz CT molecular complexity index is 177. The lowest BCUT2D eigenvalue weighted by Crippen LogP contribution is -1.63. The zero-order chi connectivity index (χ0) is 6.69. The SMILES string of the molecule is C=C1C=CSC=C(C)S1. The molecule has 0 radical (unpaired) electrons. The molecule has 0 spiro atoms. The molecule has 1 aliphatic heterocycles. The fourth-order valence-electron chi connectivity index (χ4n) is 0.515. The number of allylic oxidation sites excluding steroid dienone is 2. The third kappa shape index (κ3) is 2.33. The third-order valence-corrected chi connectivity index (χ3v) is 2.63. The van der Waals surface area contributed by atoms with Gasteiger partial charge in [0.15, 0.2) is 0 Å². The van der Waals surface area contributed by atoms with Crippen molar-refractivity contribution in [2.75, 3.05) is 0 Å². The molecular formula is C7H8S2. The van der Waals surface area contributed by atoms with Crippen molar-refractivity contribution in [3.63, 3.8) is 0 Å². The van der Waals surface area contributed by atoms with E-state index in [1.54, 1.807) is 23.5 Å². The lowest BCUT2D eigenvalue weighted by atomic mass is 10.6. The van der Waals surface area contributed by atoms with Crippen LogP contribution in [0.3, 0.4) is 0 Å². The van der Waals surface area contributed by atoms with Gasteiger partial charge in [-0.1, -0.05) is 18.3 Å². The molecule has 1 aliphatic rings. The second-order valence-corrected chi connectivity index (χ2v) is 3.89. The van der Waals surface area contributed by atoms with Crippen LogP contribution in [0.2, 0.25) is 0 Å². The second-order valence-electron chi connectivity index (χ2n) is 1.74. The molecule has 0 aromatic carbocycles. The molecule has 0 fully saturated rings. The highest BCUT2D eigenvalue weighted by atomic mass is 32.2. The zero-order valence-electron chi connectivity index (χ0n) is 5.26. The molecule has 1 heterocycles. The summed E-state index contributed by atoms with van der Waals surface area (Å²) in [7, 11) is 0. The average molecular weight is 156 g/mol. The largest absolute Gasteiger partial charge is 0.105 e. The van der Waals surface area contributed by atoms with Gasteiger partial charge in [0.25, 0.3) is 0 Å². The van der Waals surface area contributed by atoms with Crippen LogP contribution in [0.4, 0.5) is 0 Å². The van der Waals surface area contributed by atoms with E-state index in [0.29, 0.717) is 0 Å². The summed E-state index contributed by atoms with van der Waals surface area (Å²) in [5, 5.41) is 4.17. The van der Waals surface area contributed by atoms with E-state index in [1.165, 1.54) is 4.91 Å². The minimum atomic E-state index is 1.12. The first-order chi connectivity index (χ1) is 4.29. The van der Waals surface area contributed by atoms with Gasteiger partial charge in [-0.3, -0.25) is 0 Å². The van der Waals surface area contributed by atoms with Crippen molar-refractivity contribution in [2.24, 2.45) is 0 Å². The Balaban J connectivity index is 2.69. The van der Waals surface area contributed by atoms with E-state index in [0.717, 1.165) is 4.91 Å². The number of hydrogen-bond acceptors (Lipinski definition) is 2. The van der Waals surface area contributed by atoms with Crippen LogP contribution in [0.1, 0.15) is 6.92 Å². The minimum absolute atomic E-state index is 1.12. The van der Waals surface area contributed by atoms with Gasteiger partial charge in [-0.05, 0) is 28.7 Å². The maximum atomic E-state index is 3.85. The Morgan fingerprint density at radius 2 is 2.33 bits per heavy atom. The number of rotatable bonds is 0. The van der Waals surface area contributed by atoms with Crippen molar-refractivity contribution in [1.82, 2.24) is 0 Å². The molecule has 0 saturated heterocycles. The number of thioether (sulfide) groups is 2. The predicted molar refractivity (Wildman–Crippen MR) is 47.2 cm³/mol. The van der Waals surface area contributed by atoms with E-state index in [4.69, 9.17) is 0 Å². The van der Waals surface area contributed by atoms with Gasteiger partial charge < -0.3 is 0 Å². The standard InChI is InChI=1S/C7H8S2/c1-6-3-4-8-5-7(2)9-6/h3-5H,1H2,2H3. The van der Waals surface area contributed by atoms with E-state index >= 15 is 0 Å². The minimum Gasteiger partial charge on any atom is -0.105 e. The Labute approximate surface area is 64.1 Å². The summed E-state index contributed by atoms with van der Waals surface area (Å²) in [4.78, 5) is 2.43. The Hall–Kier alpha value is -0.0800. The van der Waals surface area contributed by atoms with E-state index in [2.05, 4.69) is 18.9 Å². The lowest BCUT2D eigenvalue weighted by Gasteiger charge is -1.93. The summed E-state index contributed by atoms with van der Waals surface area (Å²) >= 11 is 3.42. The quantitative estimate of drug-likeness (QED) is 0.527. The van der Waals surface area contributed by atoms with Crippen molar-refractivity contribution in [3.8, 4) is 0 Å². The molecule has 0 aromatic rings. The highest BCUT2D eigenvalue weighted by Gasteiger charge is 1.95. The smallest absolute Gasteiger partial charge is 0.00520 e. The normalized spacial score (nSPS) is 19.2. The Morgan fingerprint density at radius 3 is 3.11 bits per heavy atom. The van der Waals surface area contributed by atoms with Crippen LogP contribution in [0.25, 0.3) is 0 Å². The van der Waals surface area contributed by atoms with Crippen LogP contribution in [-0.2, 0) is 0 Å². The Morgan fingerprint density at radius 1 is 1.56 bits per heavy atom. The summed E-state index contributed by atoms with van der Waals surface area (Å²) in [6.07, 6.45) is 2.03. The van der Waals surface area contributed by atoms with E-state index < -0.39 is 0 Å². The van der Waals surface area contributed by atoms with Crippen molar-refractivity contribution in [3.05, 3.63) is 33.3 Å². The topological polar surface area (TPSA) is 0 Å². The van der Waals surface area contributed by atoms with Gasteiger partial charge in [0.1, 0.15) is 0 Å². The highest BCUT2D eigenvalue weighted by molar-refractivity contribution is 8.10. The molecular weight excluding hydrogens is 148 g/mol. The van der Waals surface area contributed by atoms with Gasteiger partial charge in [-0.2, -0.15) is 0 Å². The van der Waals surface area contributed by atoms with Gasteiger partial charge in [0, 0.05) is 4.91 Å². The van der Waals surface area contributed by atoms with Crippen LogP contribution in [0.15, 0.2) is 33.3 Å². The van der Waals surface area contributed by atoms with Crippen molar-refractivity contribution in [2.45, 2.75) is 6.92 Å². The molecule has 0 saturated carbocycles. The van der Waals surface area contributed by atoms with Gasteiger partial charge in [-0.25, -0.2) is 0 Å². The van der Waals surface area contributed by atoms with Crippen molar-refractivity contribution in [1.29, 1.82) is 0 Å². The molecule has 0 nitrogen and oxygen atoms in total. The summed E-state index contributed by atoms with van der Waals surface area (Å²) in [6, 6.07) is 0. The maximum Gasteiger partial charge on any atom is 0.00520 e. The summed E-state index contributed by atoms with van der Waals surface area (Å²) < 4.78 is 0. The van der Waals surface area contributed by atoms with Gasteiger partial charge in [0.05, 0.1) is 0 Å². The Kier molecular flexibility index (Phi) is 2.49. The zero-order valence-corrected chi connectivity index (χ0v) is 6.89. The predicted octanol–water partition coefficient (Wildman–Crippen LogP) is 3.36. The van der Waals surface area contributed by atoms with E-state index in [9.17, 15) is 0 Å². The molecule has 0 bridgehead atoms. The van der Waals surface area contributed by atoms with Crippen molar-refractivity contribution >= 4 is 23.5 Å². The third-order valence-electron chi connectivity index (χ3n) is 0.859. The van der Waals surface area contributed by atoms with Crippen LogP contribution in [0, 0.1) is 0 Å². The fraction of sp³-hybridized carbons (Fsp3) is 0.143. The van der Waals surface area contributed by atoms with Gasteiger partial charge in [0.2, 0.25) is 0 Å². The molecule has 0 unspecified atom stereocenters. The summed E-state index contributed by atoms with van der Waals surface area (Å²) in [6.45, 7) is 5.94. The molecule has 9 heavy (non-hydrogen) atoms. The van der Waals surface area contributed by atoms with Crippen LogP contribution < -0.4 is 0 Å². The van der Waals surface area contributed by atoms with Gasteiger partial charge >= 0.3 is 0 Å². The van der Waals surface area contributed by atoms with Crippen molar-refractivity contribution < 1.29 is 0 Å². The molecule has 0 amide bonds. The van der Waals surface area contributed by atoms with E-state index in [-0.39, 0.29) is 0 Å². The molecule has 1 rings (SSSR count). The molecule has 0 atom stereocenters. The first kappa shape index (κ1) is 7.03. The molecule has 0 N–H and O–H groups in total. The van der Waals surface area contributed by atoms with Crippen LogP contribution in [-0.4, -0.2) is 0 Å². The molecule has 0 aromatic heterocycles. The molecule has 48 valence electrons. The summed E-state index contributed by atoms with van der Waals surface area (Å²) in [5.74, 6) is 0. The highest BCUT2D eigenvalue weighted by Crippen LogP contribution is 2.30. The van der Waals surface area contributed by atoms with E-state index in [1.807, 2.05) is 11.5 Å².